The van der Waals surface area contributed by atoms with E-state index >= 15 is 0 Å². The Morgan fingerprint density at radius 1 is 0.402 bits per heavy atom. The molecule has 0 saturated heterocycles. The van der Waals surface area contributed by atoms with Crippen molar-refractivity contribution in [1.82, 2.24) is 9.13 Å². The third-order valence-corrected chi connectivity index (χ3v) is 19.7. The summed E-state index contributed by atoms with van der Waals surface area (Å²) in [5.41, 5.74) is 15.1. The Kier molecular flexibility index (Phi) is 9.13. The molecule has 0 aliphatic carbocycles. The topological polar surface area (TPSA) is 26.2 Å². The highest BCUT2D eigenvalue weighted by Gasteiger charge is 2.44. The van der Waals surface area contributed by atoms with E-state index in [0.717, 1.165) is 87.4 Å². The van der Waals surface area contributed by atoms with Gasteiger partial charge in [-0.05, 0) is 139 Å². The lowest BCUT2D eigenvalue weighted by atomic mass is 9.34. The van der Waals surface area contributed by atoms with Crippen molar-refractivity contribution in [3.8, 4) is 55.9 Å². The predicted octanol–water partition coefficient (Wildman–Crippen LogP) is 21.8. The van der Waals surface area contributed by atoms with Crippen molar-refractivity contribution in [3.05, 3.63) is 290 Å². The van der Waals surface area contributed by atoms with Crippen LogP contribution in [0.4, 0.5) is 17.1 Å². The second-order valence-corrected chi connectivity index (χ2v) is 27.1. The molecule has 5 heterocycles. The summed E-state index contributed by atoms with van der Waals surface area (Å²) in [5.74, 6) is 0. The summed E-state index contributed by atoms with van der Waals surface area (Å²) in [6.07, 6.45) is 0. The molecule has 0 radical (unpaired) electrons. The van der Waals surface area contributed by atoms with Crippen LogP contribution in [0.2, 0.25) is 0 Å². The summed E-state index contributed by atoms with van der Waals surface area (Å²) in [4.78, 5) is 4.14. The quantitative estimate of drug-likeness (QED) is 0.149. The van der Waals surface area contributed by atoms with Crippen LogP contribution in [0.5, 0.6) is 0 Å². The monoisotopic (exact) mass is 1210 g/mol. The minimum Gasteiger partial charge on any atom is -0.456 e. The Morgan fingerprint density at radius 3 is 1.53 bits per heavy atom. The molecule has 3 aromatic heterocycles. The highest BCUT2D eigenvalue weighted by molar-refractivity contribution is 8.00. The van der Waals surface area contributed by atoms with Crippen molar-refractivity contribution in [1.29, 1.82) is 0 Å². The first-order valence-corrected chi connectivity index (χ1v) is 31.8. The van der Waals surface area contributed by atoms with Crippen LogP contribution in [0.25, 0.3) is 121 Å². The fraction of sp³-hybridized carbons (Fsp3) is 0.0930. The standard InChI is InChI=1S/C86H64BN3OS/c1-85(2,3)59-45-57(46-60(50-59)86(4,5)6)58-48-77-82-80(49-58)92-84-71(42-44-79-81(84)69-51-61(39-43-78(69)91-79)88-72-34-19-16-29-65(72)66-30-17-20-35-73(66)88)87(82)70-41-38-62(89-74-36-21-18-31-67(74)68-40-37-56(47-75(68)89)53-23-10-7-11-24-53)52-76(70)90(77)83-63(54-25-12-8-13-26-54)32-22-33-64(83)55-27-14-9-15-28-55/h7-52H,1-6H3/i16D,17D,18D,19D,20D,21D,29D,30D,31D,34D,35D,36D,37D,40D,47D. The minimum atomic E-state index is -0.569. The number of para-hydroxylation sites is 4. The summed E-state index contributed by atoms with van der Waals surface area (Å²) in [7, 11) is 0. The van der Waals surface area contributed by atoms with Gasteiger partial charge in [0.05, 0.1) is 48.3 Å². The summed E-state index contributed by atoms with van der Waals surface area (Å²) in [6.45, 7) is 12.8. The number of nitrogens with zero attached hydrogens (tertiary/aromatic N) is 3. The molecule has 2 aliphatic heterocycles. The van der Waals surface area contributed by atoms with Gasteiger partial charge >= 0.3 is 0 Å². The second-order valence-electron chi connectivity index (χ2n) is 26.1. The van der Waals surface area contributed by atoms with Crippen LogP contribution in [0.1, 0.15) is 73.2 Å². The summed E-state index contributed by atoms with van der Waals surface area (Å²) in [5, 5.41) is 1.36. The van der Waals surface area contributed by atoms with Crippen molar-refractivity contribution < 1.29 is 25.0 Å². The molecule has 13 aromatic carbocycles. The number of anilines is 3. The number of hydrogen-bond acceptors (Lipinski definition) is 3. The smallest absolute Gasteiger partial charge is 0.249 e. The van der Waals surface area contributed by atoms with Gasteiger partial charge in [-0.1, -0.05) is 265 Å². The molecule has 18 rings (SSSR count). The van der Waals surface area contributed by atoms with Crippen LogP contribution in [-0.4, -0.2) is 15.8 Å². The molecule has 0 N–H and O–H groups in total. The van der Waals surface area contributed by atoms with E-state index < -0.39 is 73.2 Å². The molecule has 0 spiro atoms. The van der Waals surface area contributed by atoms with E-state index in [1.165, 1.54) is 4.57 Å². The number of hydrogen-bond donors (Lipinski definition) is 0. The maximum atomic E-state index is 10.4. The Labute approximate surface area is 561 Å². The highest BCUT2D eigenvalue weighted by atomic mass is 32.2. The summed E-state index contributed by atoms with van der Waals surface area (Å²) >= 11 is 1.61. The van der Waals surface area contributed by atoms with Gasteiger partial charge in [0.2, 0.25) is 6.71 Å². The zero-order valence-electron chi connectivity index (χ0n) is 66.1. The van der Waals surface area contributed by atoms with Crippen LogP contribution in [-0.2, 0) is 10.8 Å². The second kappa shape index (κ2) is 20.5. The zero-order chi connectivity index (χ0) is 74.8. The molecule has 0 fully saturated rings. The summed E-state index contributed by atoms with van der Waals surface area (Å²) < 4.78 is 151. The largest absolute Gasteiger partial charge is 0.456 e. The Morgan fingerprint density at radius 2 is 0.924 bits per heavy atom. The van der Waals surface area contributed by atoms with E-state index in [1.807, 2.05) is 78.9 Å². The van der Waals surface area contributed by atoms with Gasteiger partial charge in [0.1, 0.15) is 11.2 Å². The molecule has 2 aliphatic rings. The number of aromatic nitrogens is 2. The lowest BCUT2D eigenvalue weighted by Gasteiger charge is -2.42. The van der Waals surface area contributed by atoms with Crippen molar-refractivity contribution >= 4 is 117 Å². The Bertz CT molecular complexity index is 6470. The first-order chi connectivity index (χ1) is 51.1. The molecule has 92 heavy (non-hydrogen) atoms. The molecular formula is C86H64BN3OS. The molecule has 4 nitrogen and oxygen atoms in total. The van der Waals surface area contributed by atoms with E-state index in [0.29, 0.717) is 39.2 Å². The molecule has 0 atom stereocenters. The zero-order valence-corrected chi connectivity index (χ0v) is 51.9. The molecule has 0 unspecified atom stereocenters. The van der Waals surface area contributed by atoms with Gasteiger partial charge < -0.3 is 18.5 Å². The van der Waals surface area contributed by atoms with E-state index in [9.17, 15) is 13.7 Å². The molecule has 6 heteroatoms. The van der Waals surface area contributed by atoms with Gasteiger partial charge in [0, 0.05) is 76.0 Å². The van der Waals surface area contributed by atoms with E-state index in [-0.39, 0.29) is 84.2 Å². The van der Waals surface area contributed by atoms with Gasteiger partial charge in [0.25, 0.3) is 0 Å². The molecule has 0 bridgehead atoms. The molecule has 16 aromatic rings. The first-order valence-electron chi connectivity index (χ1n) is 38.4. The van der Waals surface area contributed by atoms with Gasteiger partial charge in [-0.2, -0.15) is 0 Å². The number of fused-ring (bicyclic) bond motifs is 14. The van der Waals surface area contributed by atoms with Crippen LogP contribution in [0.15, 0.2) is 293 Å². The predicted molar refractivity (Wildman–Crippen MR) is 391 cm³/mol. The average molecular weight is 1210 g/mol. The third-order valence-electron chi connectivity index (χ3n) is 18.5. The normalized spacial score (nSPS) is 15.3. The van der Waals surface area contributed by atoms with Gasteiger partial charge in [-0.3, -0.25) is 0 Å². The fourth-order valence-electron chi connectivity index (χ4n) is 14.1. The van der Waals surface area contributed by atoms with Crippen molar-refractivity contribution in [2.45, 2.75) is 62.2 Å². The van der Waals surface area contributed by atoms with Crippen molar-refractivity contribution in [2.75, 3.05) is 4.90 Å². The maximum Gasteiger partial charge on any atom is 0.249 e. The summed E-state index contributed by atoms with van der Waals surface area (Å²) in [6, 6.07) is 56.7. The third kappa shape index (κ3) is 8.46. The van der Waals surface area contributed by atoms with Crippen LogP contribution >= 0.6 is 11.8 Å². The minimum absolute atomic E-state index is 0.00851. The van der Waals surface area contributed by atoms with Gasteiger partial charge in [-0.25, -0.2) is 0 Å². The molecule has 0 amide bonds. The van der Waals surface area contributed by atoms with Gasteiger partial charge in [-0.15, -0.1) is 0 Å². The van der Waals surface area contributed by atoms with E-state index in [2.05, 4.69) is 131 Å². The highest BCUT2D eigenvalue weighted by Crippen LogP contribution is 2.52. The molecule has 0 saturated carbocycles. The maximum absolute atomic E-state index is 10.4. The SMILES string of the molecule is [2H]c1c([2H])c([2H])c2c(c1[2H])c1c([2H])c([2H])c([2H])c([2H])c1n2-c1ccc2oc3ccc4c(c3c2c1)Sc1cc(-c2cc(C(C)(C)C)cc(C(C)(C)C)c2)cc2c1B4c1ccc(-n3c4c([2H])c([2H])c([2H])c([2H])c4c4c([2H])c([2H])c(-c5ccccc5)c([2H])c43)cc1N2c1c(-c2ccccc2)cccc1-c1ccccc1. The van der Waals surface area contributed by atoms with E-state index in [4.69, 9.17) is 11.3 Å². The number of rotatable bonds is 7. The van der Waals surface area contributed by atoms with Crippen molar-refractivity contribution in [3.63, 3.8) is 0 Å². The molecular weight excluding hydrogens is 1130 g/mol. The van der Waals surface area contributed by atoms with Crippen LogP contribution in [0.3, 0.4) is 0 Å². The number of benzene rings is 13. The van der Waals surface area contributed by atoms with Crippen LogP contribution in [0, 0.1) is 0 Å². The lowest BCUT2D eigenvalue weighted by Crippen LogP contribution is -2.60. The Balaban J connectivity index is 0.997. The lowest BCUT2D eigenvalue weighted by molar-refractivity contribution is 0.569. The number of furan rings is 1. The van der Waals surface area contributed by atoms with Gasteiger partial charge in [0.15, 0.2) is 0 Å². The van der Waals surface area contributed by atoms with Crippen LogP contribution < -0.4 is 21.3 Å². The first kappa shape index (κ1) is 41.0. The van der Waals surface area contributed by atoms with E-state index in [1.54, 1.807) is 40.6 Å². The Hall–Kier alpha value is -10.5. The fourth-order valence-corrected chi connectivity index (χ4v) is 15.4. The average Bonchev–Trinajstić information content (AvgIpc) is 1.65. The molecule has 438 valence electrons. The van der Waals surface area contributed by atoms with Crippen molar-refractivity contribution in [2.24, 2.45) is 0 Å².